The molecule has 0 unspecified atom stereocenters. The van der Waals surface area contributed by atoms with Crippen molar-refractivity contribution in [3.05, 3.63) is 47.5 Å². The molecule has 0 radical (unpaired) electrons. The van der Waals surface area contributed by atoms with Gasteiger partial charge >= 0.3 is 0 Å². The molecule has 2 amide bonds. The molecule has 0 saturated carbocycles. The number of nitrogens with one attached hydrogen (secondary N) is 1. The van der Waals surface area contributed by atoms with E-state index < -0.39 is 0 Å². The van der Waals surface area contributed by atoms with Crippen molar-refractivity contribution in [3.8, 4) is 0 Å². The third-order valence-electron chi connectivity index (χ3n) is 5.04. The van der Waals surface area contributed by atoms with Gasteiger partial charge in [0.2, 0.25) is 5.82 Å². The highest BCUT2D eigenvalue weighted by molar-refractivity contribution is 6.05. The summed E-state index contributed by atoms with van der Waals surface area (Å²) in [6.45, 7) is 2.23. The smallest absolute Gasteiger partial charge is 0.294 e. The van der Waals surface area contributed by atoms with Crippen molar-refractivity contribution in [2.75, 3.05) is 39.1 Å². The number of carbonyl (C=O) groups excluding carboxylic acids is 2. The predicted octanol–water partition coefficient (Wildman–Crippen LogP) is 2.18. The Morgan fingerprint density at radius 3 is 2.61 bits per heavy atom. The number of para-hydroxylation sites is 1. The topological polar surface area (TPSA) is 70.5 Å². The van der Waals surface area contributed by atoms with Gasteiger partial charge in [0.15, 0.2) is 0 Å². The molecule has 0 fully saturated rings. The van der Waals surface area contributed by atoms with Crippen LogP contribution in [0, 0.1) is 0 Å². The zero-order valence-corrected chi connectivity index (χ0v) is 16.9. The van der Waals surface area contributed by atoms with Gasteiger partial charge in [0.25, 0.3) is 11.8 Å². The number of rotatable bonds is 7. The summed E-state index contributed by atoms with van der Waals surface area (Å²) in [5.41, 5.74) is 2.07. The van der Waals surface area contributed by atoms with Crippen LogP contribution in [-0.4, -0.2) is 60.5 Å². The Balaban J connectivity index is 1.81. The monoisotopic (exact) mass is 383 g/mol. The van der Waals surface area contributed by atoms with Gasteiger partial charge in [-0.25, -0.2) is 4.98 Å². The fourth-order valence-corrected chi connectivity index (χ4v) is 3.49. The number of carbonyl (C=O) groups is 2. The highest BCUT2D eigenvalue weighted by Crippen LogP contribution is 2.23. The predicted molar refractivity (Wildman–Crippen MR) is 110 cm³/mol. The van der Waals surface area contributed by atoms with Crippen LogP contribution in [0.25, 0.3) is 0 Å². The lowest BCUT2D eigenvalue weighted by atomic mass is 10.1. The van der Waals surface area contributed by atoms with Crippen molar-refractivity contribution in [2.45, 2.75) is 32.2 Å². The second kappa shape index (κ2) is 9.01. The summed E-state index contributed by atoms with van der Waals surface area (Å²) in [5, 5.41) is 2.95. The molecule has 7 heteroatoms. The Hall–Kier alpha value is -2.67. The Kier molecular flexibility index (Phi) is 6.46. The highest BCUT2D eigenvalue weighted by atomic mass is 16.2. The molecule has 1 aromatic carbocycles. The molecule has 2 aromatic rings. The third kappa shape index (κ3) is 4.42. The molecule has 2 heterocycles. The van der Waals surface area contributed by atoms with Crippen LogP contribution in [0.15, 0.2) is 30.3 Å². The molecule has 1 aliphatic rings. The SMILES string of the molecule is CN(C)CCCNC(=O)c1nc(C(=O)N(C)c2ccccc2)n2c1CCCC2. The summed E-state index contributed by atoms with van der Waals surface area (Å²) >= 11 is 0. The van der Waals surface area contributed by atoms with Crippen LogP contribution in [-0.2, 0) is 13.0 Å². The molecule has 0 spiro atoms. The van der Waals surface area contributed by atoms with Crippen molar-refractivity contribution >= 4 is 17.5 Å². The van der Waals surface area contributed by atoms with Crippen LogP contribution >= 0.6 is 0 Å². The van der Waals surface area contributed by atoms with E-state index >= 15 is 0 Å². The maximum atomic E-state index is 13.1. The van der Waals surface area contributed by atoms with Gasteiger partial charge < -0.3 is 19.7 Å². The number of nitrogens with zero attached hydrogens (tertiary/aromatic N) is 4. The molecule has 0 atom stereocenters. The molecular formula is C21H29N5O2. The highest BCUT2D eigenvalue weighted by Gasteiger charge is 2.29. The molecule has 28 heavy (non-hydrogen) atoms. The number of benzene rings is 1. The molecule has 7 nitrogen and oxygen atoms in total. The number of imidazole rings is 1. The zero-order chi connectivity index (χ0) is 20.1. The largest absolute Gasteiger partial charge is 0.351 e. The molecule has 0 bridgehead atoms. The summed E-state index contributed by atoms with van der Waals surface area (Å²) in [4.78, 5) is 34.0. The maximum Gasteiger partial charge on any atom is 0.294 e. The Labute approximate surface area is 166 Å². The number of hydrogen-bond donors (Lipinski definition) is 1. The average Bonchev–Trinajstić information content (AvgIpc) is 3.10. The lowest BCUT2D eigenvalue weighted by Gasteiger charge is -2.20. The van der Waals surface area contributed by atoms with Crippen molar-refractivity contribution in [3.63, 3.8) is 0 Å². The number of amides is 2. The van der Waals surface area contributed by atoms with E-state index in [1.165, 1.54) is 0 Å². The van der Waals surface area contributed by atoms with E-state index in [2.05, 4.69) is 15.2 Å². The van der Waals surface area contributed by atoms with E-state index in [0.717, 1.165) is 50.2 Å². The van der Waals surface area contributed by atoms with Gasteiger partial charge in [-0.15, -0.1) is 0 Å². The van der Waals surface area contributed by atoms with Gasteiger partial charge in [0, 0.05) is 25.8 Å². The molecule has 1 N–H and O–H groups in total. The summed E-state index contributed by atoms with van der Waals surface area (Å²) < 4.78 is 1.93. The van der Waals surface area contributed by atoms with E-state index in [4.69, 9.17) is 0 Å². The summed E-state index contributed by atoms with van der Waals surface area (Å²) in [7, 11) is 5.76. The Morgan fingerprint density at radius 1 is 1.14 bits per heavy atom. The normalized spacial score (nSPS) is 13.3. The number of hydrogen-bond acceptors (Lipinski definition) is 4. The fourth-order valence-electron chi connectivity index (χ4n) is 3.49. The zero-order valence-electron chi connectivity index (χ0n) is 16.9. The second-order valence-electron chi connectivity index (χ2n) is 7.45. The van der Waals surface area contributed by atoms with Gasteiger partial charge in [-0.2, -0.15) is 0 Å². The van der Waals surface area contributed by atoms with Crippen molar-refractivity contribution in [1.82, 2.24) is 19.8 Å². The summed E-state index contributed by atoms with van der Waals surface area (Å²) in [6, 6.07) is 9.48. The van der Waals surface area contributed by atoms with E-state index in [0.29, 0.717) is 18.1 Å². The van der Waals surface area contributed by atoms with Gasteiger partial charge in [0.1, 0.15) is 5.69 Å². The molecule has 1 aromatic heterocycles. The summed E-state index contributed by atoms with van der Waals surface area (Å²) in [6.07, 6.45) is 3.64. The van der Waals surface area contributed by atoms with Crippen molar-refractivity contribution < 1.29 is 9.59 Å². The van der Waals surface area contributed by atoms with Gasteiger partial charge in [-0.3, -0.25) is 9.59 Å². The lowest BCUT2D eigenvalue weighted by Crippen LogP contribution is -2.30. The van der Waals surface area contributed by atoms with Gasteiger partial charge in [0.05, 0.1) is 5.69 Å². The number of anilines is 1. The van der Waals surface area contributed by atoms with Gasteiger partial charge in [-0.1, -0.05) is 18.2 Å². The molecule has 3 rings (SSSR count). The average molecular weight is 383 g/mol. The first-order valence-electron chi connectivity index (χ1n) is 9.84. The van der Waals surface area contributed by atoms with E-state index in [1.54, 1.807) is 11.9 Å². The van der Waals surface area contributed by atoms with Crippen molar-refractivity contribution in [1.29, 1.82) is 0 Å². The first kappa shape index (κ1) is 20.1. The van der Waals surface area contributed by atoms with Crippen LogP contribution in [0.3, 0.4) is 0 Å². The van der Waals surface area contributed by atoms with Crippen LogP contribution in [0.5, 0.6) is 0 Å². The Morgan fingerprint density at radius 2 is 1.89 bits per heavy atom. The fraction of sp³-hybridized carbons (Fsp3) is 0.476. The van der Waals surface area contributed by atoms with Gasteiger partial charge in [-0.05, 0) is 58.5 Å². The maximum absolute atomic E-state index is 13.1. The molecular weight excluding hydrogens is 354 g/mol. The standard InChI is InChI=1S/C21H29N5O2/c1-24(2)14-9-13-22-20(27)18-17-12-7-8-15-26(17)19(23-18)21(28)25(3)16-10-5-4-6-11-16/h4-6,10-11H,7-9,12-15H2,1-3H3,(H,22,27). The summed E-state index contributed by atoms with van der Waals surface area (Å²) in [5.74, 6) is -0.0358. The quantitative estimate of drug-likeness (QED) is 0.744. The number of aromatic nitrogens is 2. The minimum Gasteiger partial charge on any atom is -0.351 e. The van der Waals surface area contributed by atoms with Crippen molar-refractivity contribution in [2.24, 2.45) is 0 Å². The third-order valence-corrected chi connectivity index (χ3v) is 5.04. The van der Waals surface area contributed by atoms with Crippen LogP contribution < -0.4 is 10.2 Å². The first-order chi connectivity index (χ1) is 13.5. The minimum atomic E-state index is -0.194. The van der Waals surface area contributed by atoms with E-state index in [1.807, 2.05) is 49.0 Å². The molecule has 1 aliphatic heterocycles. The van der Waals surface area contributed by atoms with Crippen LogP contribution in [0.1, 0.15) is 46.1 Å². The van der Waals surface area contributed by atoms with Crippen LogP contribution in [0.4, 0.5) is 5.69 Å². The molecule has 0 saturated heterocycles. The molecule has 150 valence electrons. The van der Waals surface area contributed by atoms with Crippen LogP contribution in [0.2, 0.25) is 0 Å². The van der Waals surface area contributed by atoms with E-state index in [-0.39, 0.29) is 11.8 Å². The second-order valence-corrected chi connectivity index (χ2v) is 7.45. The Bertz CT molecular complexity index is 829. The lowest BCUT2D eigenvalue weighted by molar-refractivity contribution is 0.0946. The molecule has 0 aliphatic carbocycles. The minimum absolute atomic E-state index is 0.189. The first-order valence-corrected chi connectivity index (χ1v) is 9.84. The number of fused-ring (bicyclic) bond motifs is 1. The van der Waals surface area contributed by atoms with E-state index in [9.17, 15) is 9.59 Å².